The number of nitriles is 1. The first-order valence-electron chi connectivity index (χ1n) is 3.19. The van der Waals surface area contributed by atoms with Crippen LogP contribution in [0.4, 0.5) is 0 Å². The zero-order chi connectivity index (χ0) is 9.14. The number of hydrogen-bond acceptors (Lipinski definition) is 2. The highest BCUT2D eigenvalue weighted by Crippen LogP contribution is 2.26. The summed E-state index contributed by atoms with van der Waals surface area (Å²) in [6.07, 6.45) is 0.265. The van der Waals surface area contributed by atoms with Crippen molar-refractivity contribution in [3.05, 3.63) is 24.8 Å². The van der Waals surface area contributed by atoms with Crippen LogP contribution in [0.25, 0.3) is 0 Å². The summed E-state index contributed by atoms with van der Waals surface area (Å²) in [6, 6.07) is 5.62. The molecule has 0 spiro atoms. The number of phenols is 1. The summed E-state index contributed by atoms with van der Waals surface area (Å²) in [7, 11) is 0. The molecule has 0 atom stereocenters. The Balaban J connectivity index is 3.21. The highest BCUT2D eigenvalue weighted by atomic mass is 127. The van der Waals surface area contributed by atoms with Crippen molar-refractivity contribution < 1.29 is 5.11 Å². The number of halogens is 2. The highest BCUT2D eigenvalue weighted by molar-refractivity contribution is 14.1. The summed E-state index contributed by atoms with van der Waals surface area (Å²) in [5, 5.41) is 17.9. The fourth-order valence-electron chi connectivity index (χ4n) is 0.844. The van der Waals surface area contributed by atoms with E-state index in [-0.39, 0.29) is 12.2 Å². The van der Waals surface area contributed by atoms with Crippen LogP contribution in [0.5, 0.6) is 5.75 Å². The topological polar surface area (TPSA) is 44.0 Å². The molecule has 1 aromatic rings. The zero-order valence-electron chi connectivity index (χ0n) is 6.01. The lowest BCUT2D eigenvalue weighted by Crippen LogP contribution is -1.89. The van der Waals surface area contributed by atoms with Crippen molar-refractivity contribution in [3.63, 3.8) is 0 Å². The Bertz CT molecular complexity index is 320. The maximum atomic E-state index is 9.44. The van der Waals surface area contributed by atoms with Gasteiger partial charge in [-0.15, -0.1) is 0 Å². The molecule has 4 heteroatoms. The summed E-state index contributed by atoms with van der Waals surface area (Å²) in [5.74, 6) is 0.216. The lowest BCUT2D eigenvalue weighted by Gasteiger charge is -2.03. The average molecular weight is 385 g/mol. The predicted octanol–water partition coefficient (Wildman–Crippen LogP) is 2.67. The van der Waals surface area contributed by atoms with Gasteiger partial charge in [0, 0.05) is 12.7 Å². The number of hydrogen-bond donors (Lipinski definition) is 1. The van der Waals surface area contributed by atoms with Gasteiger partial charge in [0.1, 0.15) is 5.75 Å². The van der Waals surface area contributed by atoms with E-state index in [9.17, 15) is 5.11 Å². The molecule has 0 unspecified atom stereocenters. The molecule has 0 fully saturated rings. The van der Waals surface area contributed by atoms with Crippen molar-refractivity contribution in [2.45, 2.75) is 6.42 Å². The first-order valence-corrected chi connectivity index (χ1v) is 5.34. The van der Waals surface area contributed by atoms with E-state index in [1.54, 1.807) is 6.07 Å². The van der Waals surface area contributed by atoms with Gasteiger partial charge >= 0.3 is 0 Å². The van der Waals surface area contributed by atoms with Crippen molar-refractivity contribution >= 4 is 45.2 Å². The molecule has 0 amide bonds. The second kappa shape index (κ2) is 4.28. The Morgan fingerprint density at radius 3 is 2.58 bits per heavy atom. The lowest BCUT2D eigenvalue weighted by molar-refractivity contribution is 0.469. The summed E-state index contributed by atoms with van der Waals surface area (Å²) in [5.41, 5.74) is 0.721. The molecule has 12 heavy (non-hydrogen) atoms. The van der Waals surface area contributed by atoms with E-state index >= 15 is 0 Å². The number of benzene rings is 1. The largest absolute Gasteiger partial charge is 0.508 e. The molecule has 0 heterocycles. The van der Waals surface area contributed by atoms with Gasteiger partial charge in [-0.05, 0) is 57.3 Å². The van der Waals surface area contributed by atoms with E-state index in [1.165, 1.54) is 0 Å². The number of nitrogens with zero attached hydrogens (tertiary/aromatic N) is 1. The number of aromatic hydroxyl groups is 1. The minimum Gasteiger partial charge on any atom is -0.508 e. The summed E-state index contributed by atoms with van der Waals surface area (Å²) < 4.78 is 1.93. The van der Waals surface area contributed by atoms with Gasteiger partial charge in [-0.2, -0.15) is 5.26 Å². The van der Waals surface area contributed by atoms with Crippen LogP contribution >= 0.6 is 45.2 Å². The van der Waals surface area contributed by atoms with Crippen LogP contribution in [-0.4, -0.2) is 5.11 Å². The summed E-state index contributed by atoms with van der Waals surface area (Å²) in [4.78, 5) is 0. The molecule has 0 bridgehead atoms. The number of phenolic OH excluding ortho intramolecular Hbond substituents is 1. The minimum atomic E-state index is 0.216. The zero-order valence-corrected chi connectivity index (χ0v) is 10.3. The maximum Gasteiger partial charge on any atom is 0.121 e. The quantitative estimate of drug-likeness (QED) is 0.756. The summed E-state index contributed by atoms with van der Waals surface area (Å²) >= 11 is 4.25. The van der Waals surface area contributed by atoms with E-state index in [4.69, 9.17) is 5.26 Å². The Labute approximate surface area is 97.9 Å². The van der Waals surface area contributed by atoms with Crippen molar-refractivity contribution in [3.8, 4) is 11.8 Å². The van der Waals surface area contributed by atoms with E-state index in [0.717, 1.165) is 12.7 Å². The van der Waals surface area contributed by atoms with Gasteiger partial charge in [-0.3, -0.25) is 0 Å². The van der Waals surface area contributed by atoms with Crippen molar-refractivity contribution in [2.24, 2.45) is 0 Å². The van der Waals surface area contributed by atoms with Crippen molar-refractivity contribution in [1.29, 1.82) is 5.26 Å². The molecular weight excluding hydrogens is 380 g/mol. The fraction of sp³-hybridized carbons (Fsp3) is 0.125. The summed E-state index contributed by atoms with van der Waals surface area (Å²) in [6.45, 7) is 0. The van der Waals surface area contributed by atoms with Crippen LogP contribution in [0.15, 0.2) is 12.1 Å². The molecule has 0 aliphatic rings. The molecule has 62 valence electrons. The van der Waals surface area contributed by atoms with Crippen molar-refractivity contribution in [1.82, 2.24) is 0 Å². The third-order valence-electron chi connectivity index (χ3n) is 1.39. The molecule has 2 nitrogen and oxygen atoms in total. The molecule has 0 saturated heterocycles. The van der Waals surface area contributed by atoms with Crippen LogP contribution in [0, 0.1) is 18.5 Å². The standard InChI is InChI=1S/C8H5I2NO/c9-5-3-7(10)6(1-2-11)8(12)4-5/h3-4,12H,1H2. The average Bonchev–Trinajstić information content (AvgIpc) is 1.96. The van der Waals surface area contributed by atoms with Crippen LogP contribution < -0.4 is 0 Å². The third kappa shape index (κ3) is 2.23. The van der Waals surface area contributed by atoms with Gasteiger partial charge in [0.15, 0.2) is 0 Å². The Morgan fingerprint density at radius 2 is 2.08 bits per heavy atom. The van der Waals surface area contributed by atoms with Gasteiger partial charge in [0.2, 0.25) is 0 Å². The predicted molar refractivity (Wildman–Crippen MR) is 62.9 cm³/mol. The smallest absolute Gasteiger partial charge is 0.121 e. The third-order valence-corrected chi connectivity index (χ3v) is 2.98. The molecule has 0 aliphatic carbocycles. The molecule has 0 saturated carbocycles. The van der Waals surface area contributed by atoms with Gasteiger partial charge in [-0.1, -0.05) is 0 Å². The van der Waals surface area contributed by atoms with Gasteiger partial charge in [0.25, 0.3) is 0 Å². The Morgan fingerprint density at radius 1 is 1.42 bits per heavy atom. The van der Waals surface area contributed by atoms with E-state index in [1.807, 2.05) is 12.1 Å². The fourth-order valence-corrected chi connectivity index (χ4v) is 2.85. The molecule has 1 aromatic carbocycles. The van der Waals surface area contributed by atoms with Gasteiger partial charge < -0.3 is 5.11 Å². The van der Waals surface area contributed by atoms with Crippen LogP contribution in [0.3, 0.4) is 0 Å². The molecule has 1 N–H and O–H groups in total. The molecule has 0 aromatic heterocycles. The monoisotopic (exact) mass is 385 g/mol. The van der Waals surface area contributed by atoms with Gasteiger partial charge in [-0.25, -0.2) is 0 Å². The molecule has 0 radical (unpaired) electrons. The maximum absolute atomic E-state index is 9.44. The van der Waals surface area contributed by atoms with Crippen LogP contribution in [-0.2, 0) is 6.42 Å². The van der Waals surface area contributed by atoms with Gasteiger partial charge in [0.05, 0.1) is 12.5 Å². The highest BCUT2D eigenvalue weighted by Gasteiger charge is 2.06. The molecule has 1 rings (SSSR count). The first kappa shape index (κ1) is 10.1. The molecular formula is C8H5I2NO. The first-order chi connectivity index (χ1) is 5.65. The van der Waals surface area contributed by atoms with E-state index < -0.39 is 0 Å². The van der Waals surface area contributed by atoms with E-state index in [2.05, 4.69) is 45.2 Å². The SMILES string of the molecule is N#CCc1c(O)cc(I)cc1I. The molecule has 0 aliphatic heterocycles. The van der Waals surface area contributed by atoms with Crippen LogP contribution in [0.1, 0.15) is 5.56 Å². The number of rotatable bonds is 1. The minimum absolute atomic E-state index is 0.216. The van der Waals surface area contributed by atoms with Crippen molar-refractivity contribution in [2.75, 3.05) is 0 Å². The lowest BCUT2D eigenvalue weighted by atomic mass is 10.1. The second-order valence-electron chi connectivity index (χ2n) is 2.22. The Kier molecular flexibility index (Phi) is 3.58. The second-order valence-corrected chi connectivity index (χ2v) is 4.63. The normalized spacial score (nSPS) is 9.42. The van der Waals surface area contributed by atoms with E-state index in [0.29, 0.717) is 0 Å². The van der Waals surface area contributed by atoms with Crippen LogP contribution in [0.2, 0.25) is 0 Å². The Hall–Kier alpha value is -0.0300.